The Labute approximate surface area is 201 Å². The standard InChI is InChI=1S/C23H30FN3O6S/c1-20(2,3)23(21(4,5)6)16-8-7-11-22(16,14-12-13(27(32)33)9-10-15(14)24)25-17(34-23)26(18(28)29)19(30)31/h9-10,12,16H,7-8,11H2,1-6H3,(H,28,29)(H,30,31)/t16-,22-/m1/s1. The SMILES string of the molecule is CC(C)(C)C1(C(C)(C)C)SC(N(C(=O)O)C(=O)O)=N[C@@]2(c3cc([N+](=O)[O-])ccc3F)CCC[C@@H]12. The molecule has 1 aromatic carbocycles. The summed E-state index contributed by atoms with van der Waals surface area (Å²) in [5.41, 5.74) is -2.71. The van der Waals surface area contributed by atoms with Gasteiger partial charge in [0.2, 0.25) is 0 Å². The number of thioether (sulfide) groups is 1. The molecule has 1 saturated carbocycles. The Kier molecular flexibility index (Phi) is 6.26. The molecule has 0 aromatic heterocycles. The average Bonchev–Trinajstić information content (AvgIpc) is 3.09. The minimum Gasteiger partial charge on any atom is -0.464 e. The van der Waals surface area contributed by atoms with Gasteiger partial charge in [-0.3, -0.25) is 10.1 Å². The third-order valence-corrected chi connectivity index (χ3v) is 9.38. The molecule has 0 saturated heterocycles. The molecule has 1 aliphatic carbocycles. The Morgan fingerprint density at radius 3 is 2.21 bits per heavy atom. The van der Waals surface area contributed by atoms with Crippen molar-refractivity contribution in [1.82, 2.24) is 4.90 Å². The van der Waals surface area contributed by atoms with Crippen molar-refractivity contribution in [2.45, 2.75) is 71.1 Å². The van der Waals surface area contributed by atoms with Crippen molar-refractivity contribution in [1.29, 1.82) is 0 Å². The second-order valence-corrected chi connectivity index (χ2v) is 12.1. The van der Waals surface area contributed by atoms with Gasteiger partial charge in [-0.05, 0) is 29.7 Å². The summed E-state index contributed by atoms with van der Waals surface area (Å²) in [6.45, 7) is 12.0. The third-order valence-electron chi connectivity index (χ3n) is 7.09. The van der Waals surface area contributed by atoms with E-state index in [9.17, 15) is 29.9 Å². The molecule has 0 spiro atoms. The fraction of sp³-hybridized carbons (Fsp3) is 0.609. The van der Waals surface area contributed by atoms with E-state index in [1.165, 1.54) is 0 Å². The number of nitro benzene ring substituents is 1. The number of carboxylic acid groups (broad SMARTS) is 2. The van der Waals surface area contributed by atoms with Crippen LogP contribution in [0.25, 0.3) is 0 Å². The monoisotopic (exact) mass is 495 g/mol. The molecule has 0 bridgehead atoms. The van der Waals surface area contributed by atoms with Gasteiger partial charge in [0, 0.05) is 28.4 Å². The highest BCUT2D eigenvalue weighted by atomic mass is 32.2. The second-order valence-electron chi connectivity index (χ2n) is 10.9. The number of rotatable bonds is 2. The number of halogens is 1. The van der Waals surface area contributed by atoms with Crippen LogP contribution in [0.2, 0.25) is 0 Å². The van der Waals surface area contributed by atoms with Crippen molar-refractivity contribution in [2.24, 2.45) is 21.7 Å². The van der Waals surface area contributed by atoms with Crippen LogP contribution in [0.4, 0.5) is 19.7 Å². The molecule has 11 heteroatoms. The van der Waals surface area contributed by atoms with Gasteiger partial charge >= 0.3 is 12.2 Å². The van der Waals surface area contributed by atoms with Crippen molar-refractivity contribution in [2.75, 3.05) is 0 Å². The first-order valence-corrected chi connectivity index (χ1v) is 11.8. The first-order valence-electron chi connectivity index (χ1n) is 11.0. The molecule has 34 heavy (non-hydrogen) atoms. The normalized spacial score (nSPS) is 24.2. The zero-order valence-corrected chi connectivity index (χ0v) is 20.9. The molecule has 2 amide bonds. The summed E-state index contributed by atoms with van der Waals surface area (Å²) >= 11 is 1.10. The smallest absolute Gasteiger partial charge is 0.423 e. The second kappa shape index (κ2) is 8.21. The van der Waals surface area contributed by atoms with E-state index in [2.05, 4.69) is 4.99 Å². The lowest BCUT2D eigenvalue weighted by atomic mass is 9.55. The number of carbonyl (C=O) groups is 2. The average molecular weight is 496 g/mol. The van der Waals surface area contributed by atoms with Crippen LogP contribution in [-0.4, -0.2) is 42.1 Å². The Hall–Kier alpha value is -2.69. The summed E-state index contributed by atoms with van der Waals surface area (Å²) in [6.07, 6.45) is -1.89. The molecule has 1 fully saturated rings. The summed E-state index contributed by atoms with van der Waals surface area (Å²) in [7, 11) is 0. The maximum absolute atomic E-state index is 15.4. The van der Waals surface area contributed by atoms with Crippen molar-refractivity contribution in [3.05, 3.63) is 39.7 Å². The van der Waals surface area contributed by atoms with Gasteiger partial charge < -0.3 is 10.2 Å². The topological polar surface area (TPSA) is 133 Å². The Morgan fingerprint density at radius 2 is 1.74 bits per heavy atom. The molecule has 1 heterocycles. The first-order chi connectivity index (χ1) is 15.5. The van der Waals surface area contributed by atoms with Gasteiger partial charge in [-0.1, -0.05) is 59.7 Å². The molecular formula is C23H30FN3O6S. The summed E-state index contributed by atoms with van der Waals surface area (Å²) in [5.74, 6) is -1.03. The van der Waals surface area contributed by atoms with Crippen LogP contribution in [0, 0.1) is 32.7 Å². The fourth-order valence-corrected chi connectivity index (χ4v) is 8.04. The highest BCUT2D eigenvalue weighted by molar-refractivity contribution is 8.15. The first kappa shape index (κ1) is 25.9. The van der Waals surface area contributed by atoms with Gasteiger partial charge in [0.25, 0.3) is 5.69 Å². The Balaban J connectivity index is 2.47. The number of aliphatic imine (C=N–C) groups is 1. The minimum absolute atomic E-state index is 0.00407. The molecule has 0 unspecified atom stereocenters. The Morgan fingerprint density at radius 1 is 1.18 bits per heavy atom. The number of amidine groups is 1. The van der Waals surface area contributed by atoms with E-state index >= 15 is 4.39 Å². The van der Waals surface area contributed by atoms with Gasteiger partial charge in [0.05, 0.1) is 10.5 Å². The molecular weight excluding hydrogens is 465 g/mol. The van der Waals surface area contributed by atoms with E-state index in [4.69, 9.17) is 0 Å². The summed E-state index contributed by atoms with van der Waals surface area (Å²) in [5, 5.41) is 30.7. The number of hydrogen-bond acceptors (Lipinski definition) is 6. The lowest BCUT2D eigenvalue weighted by Crippen LogP contribution is -2.63. The predicted molar refractivity (Wildman–Crippen MR) is 127 cm³/mol. The summed E-state index contributed by atoms with van der Waals surface area (Å²) in [4.78, 5) is 39.7. The molecule has 2 N–H and O–H groups in total. The highest BCUT2D eigenvalue weighted by Gasteiger charge is 2.67. The molecule has 3 rings (SSSR count). The van der Waals surface area contributed by atoms with Crippen LogP contribution in [0.5, 0.6) is 0 Å². The molecule has 9 nitrogen and oxygen atoms in total. The number of nitro groups is 1. The maximum atomic E-state index is 15.4. The van der Waals surface area contributed by atoms with Crippen molar-refractivity contribution < 1.29 is 29.1 Å². The van der Waals surface area contributed by atoms with Gasteiger partial charge in [-0.15, -0.1) is 0 Å². The van der Waals surface area contributed by atoms with Crippen LogP contribution in [0.15, 0.2) is 23.2 Å². The van der Waals surface area contributed by atoms with E-state index in [-0.39, 0.29) is 27.2 Å². The fourth-order valence-electron chi connectivity index (χ4n) is 6.23. The highest BCUT2D eigenvalue weighted by Crippen LogP contribution is 2.69. The summed E-state index contributed by atoms with van der Waals surface area (Å²) in [6, 6.07) is 3.26. The molecule has 0 radical (unpaired) electrons. The number of imide groups is 1. The third kappa shape index (κ3) is 3.73. The van der Waals surface area contributed by atoms with Crippen LogP contribution >= 0.6 is 11.8 Å². The lowest BCUT2D eigenvalue weighted by Gasteiger charge is -2.61. The zero-order valence-electron chi connectivity index (χ0n) is 20.1. The van der Waals surface area contributed by atoms with Crippen LogP contribution in [-0.2, 0) is 5.54 Å². The van der Waals surface area contributed by atoms with Crippen LogP contribution in [0.1, 0.15) is 66.4 Å². The Bertz CT molecular complexity index is 1050. The van der Waals surface area contributed by atoms with Crippen molar-refractivity contribution >= 4 is 34.8 Å². The number of fused-ring (bicyclic) bond motifs is 1. The number of amides is 2. The number of non-ortho nitro benzene ring substituents is 1. The van der Waals surface area contributed by atoms with E-state index in [0.717, 1.165) is 30.0 Å². The van der Waals surface area contributed by atoms with Crippen molar-refractivity contribution in [3.8, 4) is 0 Å². The van der Waals surface area contributed by atoms with E-state index in [1.54, 1.807) is 0 Å². The number of benzene rings is 1. The number of hydrogen-bond donors (Lipinski definition) is 2. The minimum atomic E-state index is -1.72. The van der Waals surface area contributed by atoms with Crippen molar-refractivity contribution in [3.63, 3.8) is 0 Å². The van der Waals surface area contributed by atoms with E-state index < -0.39 is 44.0 Å². The molecule has 2 atom stereocenters. The van der Waals surface area contributed by atoms with Gasteiger partial charge in [-0.2, -0.15) is 4.90 Å². The quantitative estimate of drug-likeness (QED) is 0.362. The molecule has 2 aliphatic rings. The molecule has 1 aromatic rings. The molecule has 1 aliphatic heterocycles. The van der Waals surface area contributed by atoms with Crippen LogP contribution in [0.3, 0.4) is 0 Å². The molecule has 186 valence electrons. The number of nitrogens with zero attached hydrogens (tertiary/aromatic N) is 3. The summed E-state index contributed by atoms with van der Waals surface area (Å²) < 4.78 is 14.6. The van der Waals surface area contributed by atoms with Gasteiger partial charge in [0.15, 0.2) is 5.17 Å². The lowest BCUT2D eigenvalue weighted by molar-refractivity contribution is -0.385. The predicted octanol–water partition coefficient (Wildman–Crippen LogP) is 6.32. The zero-order chi connectivity index (χ0) is 25.9. The maximum Gasteiger partial charge on any atom is 0.423 e. The largest absolute Gasteiger partial charge is 0.464 e. The van der Waals surface area contributed by atoms with E-state index in [1.807, 2.05) is 41.5 Å². The van der Waals surface area contributed by atoms with Gasteiger partial charge in [-0.25, -0.2) is 19.0 Å². The van der Waals surface area contributed by atoms with E-state index in [0.29, 0.717) is 19.3 Å². The van der Waals surface area contributed by atoms with Gasteiger partial charge in [0.1, 0.15) is 5.82 Å². The van der Waals surface area contributed by atoms with Crippen LogP contribution < -0.4 is 0 Å².